The third-order valence-corrected chi connectivity index (χ3v) is 3.83. The summed E-state index contributed by atoms with van der Waals surface area (Å²) in [5.74, 6) is 0.461. The Kier molecular flexibility index (Phi) is 5.39. The molecule has 21 heavy (non-hydrogen) atoms. The average Bonchev–Trinajstić information content (AvgIpc) is 2.85. The van der Waals surface area contributed by atoms with E-state index in [1.165, 1.54) is 6.20 Å². The number of rotatable bonds is 6. The van der Waals surface area contributed by atoms with Crippen molar-refractivity contribution in [2.24, 2.45) is 0 Å². The highest BCUT2D eigenvalue weighted by atomic mass is 79.9. The van der Waals surface area contributed by atoms with E-state index >= 15 is 0 Å². The first-order valence-electron chi connectivity index (χ1n) is 6.17. The molecule has 2 rings (SSSR count). The van der Waals surface area contributed by atoms with Crippen LogP contribution < -0.4 is 4.74 Å². The predicted molar refractivity (Wildman–Crippen MR) is 83.2 cm³/mol. The number of halogens is 2. The molecule has 0 unspecified atom stereocenters. The minimum Gasteiger partial charge on any atom is -0.496 e. The van der Waals surface area contributed by atoms with Crippen molar-refractivity contribution in [2.45, 2.75) is 6.54 Å². The smallest absolute Gasteiger partial charge is 0.212 e. The molecule has 5 nitrogen and oxygen atoms in total. The summed E-state index contributed by atoms with van der Waals surface area (Å²) in [6.07, 6.45) is 1.46. The van der Waals surface area contributed by atoms with E-state index in [1.807, 2.05) is 0 Å². The second-order valence-electron chi connectivity index (χ2n) is 4.24. The first kappa shape index (κ1) is 16.0. The van der Waals surface area contributed by atoms with Gasteiger partial charge >= 0.3 is 0 Å². The van der Waals surface area contributed by atoms with Crippen molar-refractivity contribution in [1.82, 2.24) is 9.78 Å². The van der Waals surface area contributed by atoms with Crippen LogP contribution >= 0.6 is 27.5 Å². The Labute approximate surface area is 135 Å². The number of nitrogens with zero attached hydrogens (tertiary/aromatic N) is 2. The summed E-state index contributed by atoms with van der Waals surface area (Å²) in [6, 6.07) is 5.11. The van der Waals surface area contributed by atoms with E-state index in [9.17, 15) is 4.79 Å². The second kappa shape index (κ2) is 7.06. The van der Waals surface area contributed by atoms with Crippen LogP contribution in [0.15, 0.2) is 28.9 Å². The van der Waals surface area contributed by atoms with Gasteiger partial charge in [-0.05, 0) is 34.1 Å². The number of hydrogen-bond acceptors (Lipinski definition) is 4. The summed E-state index contributed by atoms with van der Waals surface area (Å²) >= 11 is 9.45. The van der Waals surface area contributed by atoms with E-state index in [-0.39, 0.29) is 5.78 Å². The minimum atomic E-state index is -0.197. The number of carbonyl (C=O) groups is 1. The van der Waals surface area contributed by atoms with Gasteiger partial charge in [-0.15, -0.1) is 0 Å². The number of ether oxygens (including phenoxy) is 2. The Morgan fingerprint density at radius 3 is 2.81 bits per heavy atom. The van der Waals surface area contributed by atoms with E-state index in [0.29, 0.717) is 39.7 Å². The van der Waals surface area contributed by atoms with E-state index < -0.39 is 0 Å². The number of aromatic nitrogens is 2. The molecule has 1 aromatic heterocycles. The van der Waals surface area contributed by atoms with Crippen molar-refractivity contribution in [1.29, 1.82) is 0 Å². The summed E-state index contributed by atoms with van der Waals surface area (Å²) in [7, 11) is 3.16. The third kappa shape index (κ3) is 3.45. The summed E-state index contributed by atoms with van der Waals surface area (Å²) < 4.78 is 12.4. The molecule has 0 aliphatic rings. The van der Waals surface area contributed by atoms with Crippen LogP contribution in [0.4, 0.5) is 0 Å². The van der Waals surface area contributed by atoms with Crippen LogP contribution in [-0.2, 0) is 11.3 Å². The molecule has 1 heterocycles. The average molecular weight is 374 g/mol. The highest BCUT2D eigenvalue weighted by Crippen LogP contribution is 2.27. The molecule has 0 radical (unpaired) electrons. The summed E-state index contributed by atoms with van der Waals surface area (Å²) in [4.78, 5) is 12.6. The molecule has 0 aliphatic carbocycles. The van der Waals surface area contributed by atoms with Gasteiger partial charge in [-0.1, -0.05) is 11.6 Å². The molecular weight excluding hydrogens is 360 g/mol. The molecule has 112 valence electrons. The van der Waals surface area contributed by atoms with Crippen LogP contribution in [-0.4, -0.2) is 36.4 Å². The van der Waals surface area contributed by atoms with Gasteiger partial charge in [0.2, 0.25) is 5.78 Å². The molecule has 0 bridgehead atoms. The maximum Gasteiger partial charge on any atom is 0.212 e. The fraction of sp³-hybridized carbons (Fsp3) is 0.286. The lowest BCUT2D eigenvalue weighted by Gasteiger charge is -2.08. The van der Waals surface area contributed by atoms with Gasteiger partial charge in [-0.3, -0.25) is 9.48 Å². The van der Waals surface area contributed by atoms with Gasteiger partial charge in [0.05, 0.1) is 36.0 Å². The number of benzene rings is 1. The Balaban J connectivity index is 2.35. The Bertz CT molecular complexity index is 658. The Hall–Kier alpha value is -1.37. The quantitative estimate of drug-likeness (QED) is 0.730. The van der Waals surface area contributed by atoms with Crippen molar-refractivity contribution in [3.8, 4) is 5.75 Å². The normalized spacial score (nSPS) is 10.7. The van der Waals surface area contributed by atoms with E-state index in [2.05, 4.69) is 21.0 Å². The number of methoxy groups -OCH3 is 2. The molecule has 0 amide bonds. The second-order valence-corrected chi connectivity index (χ2v) is 5.50. The molecule has 7 heteroatoms. The van der Waals surface area contributed by atoms with Crippen LogP contribution in [0.25, 0.3) is 0 Å². The van der Waals surface area contributed by atoms with Crippen LogP contribution in [0.5, 0.6) is 5.75 Å². The standard InChI is InChI=1S/C14H14BrClN2O3/c1-20-6-5-18-13(11(16)8-17-18)14(19)9-3-4-12(21-2)10(15)7-9/h3-4,7-8H,5-6H2,1-2H3. The zero-order chi connectivity index (χ0) is 15.4. The fourth-order valence-corrected chi connectivity index (χ4v) is 2.65. The zero-order valence-corrected chi connectivity index (χ0v) is 13.9. The van der Waals surface area contributed by atoms with Crippen LogP contribution in [0.2, 0.25) is 5.02 Å². The van der Waals surface area contributed by atoms with Gasteiger partial charge in [0.15, 0.2) is 0 Å². The molecule has 0 atom stereocenters. The van der Waals surface area contributed by atoms with E-state index in [0.717, 1.165) is 0 Å². The van der Waals surface area contributed by atoms with Gasteiger partial charge in [0.25, 0.3) is 0 Å². The van der Waals surface area contributed by atoms with Crippen molar-refractivity contribution in [2.75, 3.05) is 20.8 Å². The maximum atomic E-state index is 12.6. The van der Waals surface area contributed by atoms with Crippen molar-refractivity contribution < 1.29 is 14.3 Å². The molecule has 0 spiro atoms. The Morgan fingerprint density at radius 1 is 1.43 bits per heavy atom. The highest BCUT2D eigenvalue weighted by Gasteiger charge is 2.20. The first-order chi connectivity index (χ1) is 10.1. The third-order valence-electron chi connectivity index (χ3n) is 2.93. The number of carbonyl (C=O) groups excluding carboxylic acids is 1. The molecule has 1 aromatic carbocycles. The molecule has 0 saturated heterocycles. The molecule has 0 saturated carbocycles. The van der Waals surface area contributed by atoms with Crippen molar-refractivity contribution in [3.63, 3.8) is 0 Å². The SMILES string of the molecule is COCCn1ncc(Cl)c1C(=O)c1ccc(OC)c(Br)c1. The van der Waals surface area contributed by atoms with Gasteiger partial charge < -0.3 is 9.47 Å². The first-order valence-corrected chi connectivity index (χ1v) is 7.34. The number of hydrogen-bond donors (Lipinski definition) is 0. The van der Waals surface area contributed by atoms with Gasteiger partial charge in [-0.25, -0.2) is 0 Å². The highest BCUT2D eigenvalue weighted by molar-refractivity contribution is 9.10. The minimum absolute atomic E-state index is 0.197. The zero-order valence-electron chi connectivity index (χ0n) is 11.6. The Morgan fingerprint density at radius 2 is 2.19 bits per heavy atom. The van der Waals surface area contributed by atoms with Gasteiger partial charge in [-0.2, -0.15) is 5.10 Å². The van der Waals surface area contributed by atoms with Crippen molar-refractivity contribution >= 4 is 33.3 Å². The maximum absolute atomic E-state index is 12.6. The fourth-order valence-electron chi connectivity index (χ4n) is 1.88. The predicted octanol–water partition coefficient (Wildman–Crippen LogP) is 3.19. The van der Waals surface area contributed by atoms with E-state index in [1.54, 1.807) is 37.1 Å². The van der Waals surface area contributed by atoms with E-state index in [4.69, 9.17) is 21.1 Å². The molecular formula is C14H14BrClN2O3. The molecule has 0 N–H and O–H groups in total. The molecule has 0 fully saturated rings. The van der Waals surface area contributed by atoms with Crippen LogP contribution in [0, 0.1) is 0 Å². The van der Waals surface area contributed by atoms with Crippen LogP contribution in [0.1, 0.15) is 16.1 Å². The monoisotopic (exact) mass is 372 g/mol. The lowest BCUT2D eigenvalue weighted by Crippen LogP contribution is -2.14. The number of ketones is 1. The molecule has 2 aromatic rings. The lowest BCUT2D eigenvalue weighted by atomic mass is 10.1. The van der Waals surface area contributed by atoms with Crippen LogP contribution in [0.3, 0.4) is 0 Å². The summed E-state index contributed by atoms with van der Waals surface area (Å²) in [5, 5.41) is 4.43. The van der Waals surface area contributed by atoms with Gasteiger partial charge in [0.1, 0.15) is 11.4 Å². The lowest BCUT2D eigenvalue weighted by molar-refractivity contribution is 0.102. The summed E-state index contributed by atoms with van der Waals surface area (Å²) in [6.45, 7) is 0.909. The summed E-state index contributed by atoms with van der Waals surface area (Å²) in [5.41, 5.74) is 0.856. The molecule has 0 aliphatic heterocycles. The van der Waals surface area contributed by atoms with Crippen molar-refractivity contribution in [3.05, 3.63) is 45.1 Å². The topological polar surface area (TPSA) is 53.4 Å². The van der Waals surface area contributed by atoms with Gasteiger partial charge in [0, 0.05) is 12.7 Å². The largest absolute Gasteiger partial charge is 0.496 e.